The van der Waals surface area contributed by atoms with Gasteiger partial charge in [-0.1, -0.05) is 11.6 Å². The Balaban J connectivity index is 2.00. The summed E-state index contributed by atoms with van der Waals surface area (Å²) in [5, 5.41) is 2.69. The van der Waals surface area contributed by atoms with Crippen LogP contribution >= 0.6 is 11.6 Å². The molecule has 0 saturated carbocycles. The number of ether oxygens (including phenoxy) is 1. The molecule has 1 saturated heterocycles. The largest absolute Gasteiger partial charge is 0.417 e. The van der Waals surface area contributed by atoms with E-state index >= 15 is 0 Å². The first-order chi connectivity index (χ1) is 8.97. The SMILES string of the molecule is FC(F)(F)c1cc(NCC2CCCCO2)ccc1Cl. The molecule has 1 unspecified atom stereocenters. The van der Waals surface area contributed by atoms with Gasteiger partial charge in [0.1, 0.15) is 0 Å². The fourth-order valence-corrected chi connectivity index (χ4v) is 2.28. The molecule has 0 radical (unpaired) electrons. The molecular formula is C13H15ClF3NO. The maximum atomic E-state index is 12.7. The zero-order valence-electron chi connectivity index (χ0n) is 10.3. The minimum Gasteiger partial charge on any atom is -0.382 e. The Hall–Kier alpha value is -0.940. The van der Waals surface area contributed by atoms with E-state index in [2.05, 4.69) is 5.32 Å². The second-order valence-corrected chi connectivity index (χ2v) is 4.97. The minimum atomic E-state index is -4.43. The third kappa shape index (κ3) is 4.01. The first kappa shape index (κ1) is 14.5. The number of benzene rings is 1. The summed E-state index contributed by atoms with van der Waals surface area (Å²) < 4.78 is 43.6. The van der Waals surface area contributed by atoms with Gasteiger partial charge in [0.05, 0.1) is 16.7 Å². The van der Waals surface area contributed by atoms with Crippen LogP contribution in [0.15, 0.2) is 18.2 Å². The van der Waals surface area contributed by atoms with Crippen LogP contribution in [-0.4, -0.2) is 19.3 Å². The van der Waals surface area contributed by atoms with Gasteiger partial charge in [0, 0.05) is 18.8 Å². The lowest BCUT2D eigenvalue weighted by molar-refractivity contribution is -0.137. The van der Waals surface area contributed by atoms with Crippen LogP contribution in [0.25, 0.3) is 0 Å². The first-order valence-electron chi connectivity index (χ1n) is 6.19. The molecule has 1 atom stereocenters. The lowest BCUT2D eigenvalue weighted by Crippen LogP contribution is -2.27. The Morgan fingerprint density at radius 2 is 2.11 bits per heavy atom. The highest BCUT2D eigenvalue weighted by Crippen LogP contribution is 2.36. The number of hydrogen-bond donors (Lipinski definition) is 1. The number of anilines is 1. The maximum Gasteiger partial charge on any atom is 0.417 e. The summed E-state index contributed by atoms with van der Waals surface area (Å²) in [5.41, 5.74) is -0.408. The second kappa shape index (κ2) is 6.01. The van der Waals surface area contributed by atoms with E-state index in [0.717, 1.165) is 31.9 Å². The molecule has 0 spiro atoms. The Kier molecular flexibility index (Phi) is 4.58. The summed E-state index contributed by atoms with van der Waals surface area (Å²) >= 11 is 5.56. The Morgan fingerprint density at radius 3 is 2.74 bits per heavy atom. The molecule has 1 heterocycles. The van der Waals surface area contributed by atoms with Crippen molar-refractivity contribution in [2.45, 2.75) is 31.5 Å². The van der Waals surface area contributed by atoms with Gasteiger partial charge in [-0.15, -0.1) is 0 Å². The molecule has 0 amide bonds. The maximum absolute atomic E-state index is 12.7. The Labute approximate surface area is 114 Å². The highest BCUT2D eigenvalue weighted by molar-refractivity contribution is 6.31. The monoisotopic (exact) mass is 293 g/mol. The van der Waals surface area contributed by atoms with E-state index in [1.165, 1.54) is 6.07 Å². The van der Waals surface area contributed by atoms with Crippen molar-refractivity contribution in [1.29, 1.82) is 0 Å². The number of halogens is 4. The van der Waals surface area contributed by atoms with Gasteiger partial charge in [-0.2, -0.15) is 13.2 Å². The normalized spacial score (nSPS) is 20.3. The van der Waals surface area contributed by atoms with Crippen molar-refractivity contribution in [2.24, 2.45) is 0 Å². The predicted octanol–water partition coefficient (Wildman–Crippen LogP) is 4.34. The fourth-order valence-electron chi connectivity index (χ4n) is 2.05. The van der Waals surface area contributed by atoms with Gasteiger partial charge in [-0.05, 0) is 37.5 Å². The van der Waals surface area contributed by atoms with Crippen molar-refractivity contribution in [3.63, 3.8) is 0 Å². The summed E-state index contributed by atoms with van der Waals surface area (Å²) in [6.07, 6.45) is -1.28. The van der Waals surface area contributed by atoms with Crippen LogP contribution in [0, 0.1) is 0 Å². The molecular weight excluding hydrogens is 279 g/mol. The van der Waals surface area contributed by atoms with Gasteiger partial charge in [0.2, 0.25) is 0 Å². The molecule has 1 aromatic rings. The number of rotatable bonds is 3. The predicted molar refractivity (Wildman–Crippen MR) is 68.5 cm³/mol. The average Bonchev–Trinajstić information content (AvgIpc) is 2.37. The molecule has 1 aromatic carbocycles. The first-order valence-corrected chi connectivity index (χ1v) is 6.57. The molecule has 19 heavy (non-hydrogen) atoms. The highest BCUT2D eigenvalue weighted by Gasteiger charge is 2.33. The molecule has 2 nitrogen and oxygen atoms in total. The third-order valence-corrected chi connectivity index (χ3v) is 3.41. The van der Waals surface area contributed by atoms with Gasteiger partial charge in [-0.25, -0.2) is 0 Å². The smallest absolute Gasteiger partial charge is 0.382 e. The van der Waals surface area contributed by atoms with Crippen LogP contribution in [0.2, 0.25) is 5.02 Å². The van der Waals surface area contributed by atoms with Crippen molar-refractivity contribution in [1.82, 2.24) is 0 Å². The Bertz CT molecular complexity index is 430. The molecule has 0 bridgehead atoms. The van der Waals surface area contributed by atoms with Gasteiger partial charge < -0.3 is 10.1 Å². The zero-order chi connectivity index (χ0) is 13.9. The van der Waals surface area contributed by atoms with E-state index in [1.807, 2.05) is 0 Å². The quantitative estimate of drug-likeness (QED) is 0.895. The van der Waals surface area contributed by atoms with Crippen LogP contribution in [0.5, 0.6) is 0 Å². The molecule has 106 valence electrons. The summed E-state index contributed by atoms with van der Waals surface area (Å²) in [6, 6.07) is 3.83. The molecule has 6 heteroatoms. The van der Waals surface area contributed by atoms with Gasteiger partial charge in [-0.3, -0.25) is 0 Å². The van der Waals surface area contributed by atoms with Crippen molar-refractivity contribution in [3.8, 4) is 0 Å². The van der Waals surface area contributed by atoms with Crippen molar-refractivity contribution in [2.75, 3.05) is 18.5 Å². The standard InChI is InChI=1S/C13H15ClF3NO/c14-12-5-4-9(7-11(12)13(15,16)17)18-8-10-3-1-2-6-19-10/h4-5,7,10,18H,1-3,6,8H2. The van der Waals surface area contributed by atoms with E-state index in [1.54, 1.807) is 6.07 Å². The Morgan fingerprint density at radius 1 is 1.32 bits per heavy atom. The highest BCUT2D eigenvalue weighted by atomic mass is 35.5. The molecule has 0 aromatic heterocycles. The summed E-state index contributed by atoms with van der Waals surface area (Å²) in [6.45, 7) is 1.24. The van der Waals surface area contributed by atoms with Crippen molar-refractivity contribution >= 4 is 17.3 Å². The fraction of sp³-hybridized carbons (Fsp3) is 0.538. The minimum absolute atomic E-state index is 0.0683. The van der Waals surface area contributed by atoms with Crippen LogP contribution in [-0.2, 0) is 10.9 Å². The number of hydrogen-bond acceptors (Lipinski definition) is 2. The van der Waals surface area contributed by atoms with Crippen molar-refractivity contribution in [3.05, 3.63) is 28.8 Å². The van der Waals surface area contributed by atoms with Gasteiger partial charge in [0.25, 0.3) is 0 Å². The summed E-state index contributed by atoms with van der Waals surface area (Å²) in [5.74, 6) is 0. The van der Waals surface area contributed by atoms with Crippen molar-refractivity contribution < 1.29 is 17.9 Å². The molecule has 1 aliphatic heterocycles. The van der Waals surface area contributed by atoms with E-state index in [4.69, 9.17) is 16.3 Å². The summed E-state index contributed by atoms with van der Waals surface area (Å²) in [4.78, 5) is 0. The van der Waals surface area contributed by atoms with E-state index < -0.39 is 11.7 Å². The second-order valence-electron chi connectivity index (χ2n) is 4.56. The molecule has 1 aliphatic rings. The van der Waals surface area contributed by atoms with Crippen LogP contribution in [0.3, 0.4) is 0 Å². The molecule has 1 fully saturated rings. The van der Waals surface area contributed by atoms with Crippen LogP contribution in [0.4, 0.5) is 18.9 Å². The van der Waals surface area contributed by atoms with E-state index in [0.29, 0.717) is 12.2 Å². The summed E-state index contributed by atoms with van der Waals surface area (Å²) in [7, 11) is 0. The zero-order valence-corrected chi connectivity index (χ0v) is 11.0. The molecule has 1 N–H and O–H groups in total. The average molecular weight is 294 g/mol. The number of alkyl halides is 3. The van der Waals surface area contributed by atoms with E-state index in [9.17, 15) is 13.2 Å². The topological polar surface area (TPSA) is 21.3 Å². The number of nitrogens with one attached hydrogen (secondary N) is 1. The third-order valence-electron chi connectivity index (χ3n) is 3.08. The molecule has 0 aliphatic carbocycles. The van der Waals surface area contributed by atoms with Crippen LogP contribution in [0.1, 0.15) is 24.8 Å². The lowest BCUT2D eigenvalue weighted by Gasteiger charge is -2.23. The van der Waals surface area contributed by atoms with Gasteiger partial charge in [0.15, 0.2) is 0 Å². The lowest BCUT2D eigenvalue weighted by atomic mass is 10.1. The van der Waals surface area contributed by atoms with E-state index in [-0.39, 0.29) is 11.1 Å². The van der Waals surface area contributed by atoms with Gasteiger partial charge >= 0.3 is 6.18 Å². The molecule has 2 rings (SSSR count). The van der Waals surface area contributed by atoms with Crippen LogP contribution < -0.4 is 5.32 Å².